The Bertz CT molecular complexity index is 649. The third-order valence-corrected chi connectivity index (χ3v) is 2.81. The lowest BCUT2D eigenvalue weighted by Crippen LogP contribution is -2.11. The summed E-state index contributed by atoms with van der Waals surface area (Å²) in [4.78, 5) is 16.0. The Labute approximate surface area is 114 Å². The molecular formula is C14H8ClFN2O. The van der Waals surface area contributed by atoms with Crippen LogP contribution in [-0.4, -0.2) is 10.8 Å². The van der Waals surface area contributed by atoms with Crippen LogP contribution in [0, 0.1) is 17.1 Å². The molecule has 0 radical (unpaired) electrons. The summed E-state index contributed by atoms with van der Waals surface area (Å²) in [5.41, 5.74) is 0.748. The molecule has 0 aliphatic rings. The number of aromatic nitrogens is 1. The summed E-state index contributed by atoms with van der Waals surface area (Å²) in [6, 6.07) is 10.0. The van der Waals surface area contributed by atoms with Crippen molar-refractivity contribution in [2.75, 3.05) is 0 Å². The van der Waals surface area contributed by atoms with Gasteiger partial charge >= 0.3 is 0 Å². The topological polar surface area (TPSA) is 53.8 Å². The van der Waals surface area contributed by atoms with Gasteiger partial charge in [-0.05, 0) is 42.0 Å². The number of rotatable bonds is 3. The second-order valence-electron chi connectivity index (χ2n) is 3.85. The summed E-state index contributed by atoms with van der Waals surface area (Å²) in [6.07, 6.45) is 1.43. The molecule has 0 amide bonds. The molecule has 0 N–H and O–H groups in total. The van der Waals surface area contributed by atoms with Gasteiger partial charge in [-0.25, -0.2) is 9.37 Å². The van der Waals surface area contributed by atoms with Gasteiger partial charge in [0.25, 0.3) is 0 Å². The Balaban J connectivity index is 2.35. The quantitative estimate of drug-likeness (QED) is 0.637. The Kier molecular flexibility index (Phi) is 3.88. The second-order valence-corrected chi connectivity index (χ2v) is 4.23. The van der Waals surface area contributed by atoms with Gasteiger partial charge in [0.05, 0.1) is 6.07 Å². The molecule has 5 heteroatoms. The number of hydrogen-bond donors (Lipinski definition) is 0. The van der Waals surface area contributed by atoms with Crippen molar-refractivity contribution in [1.82, 2.24) is 4.98 Å². The first-order chi connectivity index (χ1) is 9.11. The summed E-state index contributed by atoms with van der Waals surface area (Å²) < 4.78 is 12.8. The Morgan fingerprint density at radius 3 is 2.58 bits per heavy atom. The molecule has 3 nitrogen and oxygen atoms in total. The van der Waals surface area contributed by atoms with Crippen LogP contribution >= 0.6 is 11.6 Å². The van der Waals surface area contributed by atoms with E-state index in [-0.39, 0.29) is 10.7 Å². The third kappa shape index (κ3) is 2.95. The summed E-state index contributed by atoms with van der Waals surface area (Å²) in [5, 5.41) is 9.36. The molecular weight excluding hydrogens is 267 g/mol. The third-order valence-electron chi connectivity index (χ3n) is 2.60. The van der Waals surface area contributed by atoms with Crippen LogP contribution in [0.4, 0.5) is 4.39 Å². The Morgan fingerprint density at radius 1 is 1.32 bits per heavy atom. The number of carbonyl (C=O) groups is 1. The van der Waals surface area contributed by atoms with E-state index in [0.717, 1.165) is 0 Å². The molecule has 0 saturated carbocycles. The van der Waals surface area contributed by atoms with E-state index in [2.05, 4.69) is 4.98 Å². The zero-order valence-corrected chi connectivity index (χ0v) is 10.4. The van der Waals surface area contributed by atoms with E-state index in [0.29, 0.717) is 5.56 Å². The molecule has 0 aliphatic heterocycles. The maximum Gasteiger partial charge on any atom is 0.184 e. The lowest BCUT2D eigenvalue weighted by molar-refractivity contribution is 0.0979. The summed E-state index contributed by atoms with van der Waals surface area (Å²) in [6.45, 7) is 0. The van der Waals surface area contributed by atoms with Crippen molar-refractivity contribution in [3.8, 4) is 6.07 Å². The smallest absolute Gasteiger partial charge is 0.184 e. The van der Waals surface area contributed by atoms with Crippen LogP contribution in [0.2, 0.25) is 5.15 Å². The number of Topliss-reactive ketones (excluding diaryl/α,β-unsaturated/α-hetero) is 1. The van der Waals surface area contributed by atoms with E-state index in [4.69, 9.17) is 16.9 Å². The van der Waals surface area contributed by atoms with Gasteiger partial charge in [-0.3, -0.25) is 4.79 Å². The molecule has 94 valence electrons. The van der Waals surface area contributed by atoms with Crippen LogP contribution in [0.15, 0.2) is 42.6 Å². The summed E-state index contributed by atoms with van der Waals surface area (Å²) in [7, 11) is 0. The molecule has 1 aromatic heterocycles. The first-order valence-corrected chi connectivity index (χ1v) is 5.80. The van der Waals surface area contributed by atoms with E-state index in [9.17, 15) is 9.18 Å². The van der Waals surface area contributed by atoms with Crippen LogP contribution in [-0.2, 0) is 0 Å². The highest BCUT2D eigenvalue weighted by Crippen LogP contribution is 2.22. The number of nitriles is 1. The number of pyridine rings is 1. The van der Waals surface area contributed by atoms with E-state index >= 15 is 0 Å². The number of nitrogens with zero attached hydrogens (tertiary/aromatic N) is 2. The van der Waals surface area contributed by atoms with Crippen LogP contribution in [0.25, 0.3) is 0 Å². The number of hydrogen-bond acceptors (Lipinski definition) is 3. The van der Waals surface area contributed by atoms with Crippen molar-refractivity contribution >= 4 is 17.4 Å². The molecule has 0 fully saturated rings. The van der Waals surface area contributed by atoms with Crippen LogP contribution in [0.3, 0.4) is 0 Å². The molecule has 2 rings (SSSR count). The SMILES string of the molecule is N#CC(C(=O)c1ccc(F)cc1)c1ccnc(Cl)c1. The minimum atomic E-state index is -0.981. The second kappa shape index (κ2) is 5.59. The van der Waals surface area contributed by atoms with Crippen molar-refractivity contribution in [3.63, 3.8) is 0 Å². The first-order valence-electron chi connectivity index (χ1n) is 5.42. The Morgan fingerprint density at radius 2 is 2.00 bits per heavy atom. The highest BCUT2D eigenvalue weighted by Gasteiger charge is 2.22. The number of halogens is 2. The van der Waals surface area contributed by atoms with Gasteiger partial charge in [0.2, 0.25) is 0 Å². The van der Waals surface area contributed by atoms with Crippen molar-refractivity contribution in [2.24, 2.45) is 0 Å². The largest absolute Gasteiger partial charge is 0.292 e. The maximum atomic E-state index is 12.8. The van der Waals surface area contributed by atoms with E-state index < -0.39 is 17.5 Å². The van der Waals surface area contributed by atoms with Crippen molar-refractivity contribution in [3.05, 3.63) is 64.7 Å². The molecule has 19 heavy (non-hydrogen) atoms. The standard InChI is InChI=1S/C14H8ClFN2O/c15-13-7-10(5-6-18-13)12(8-17)14(19)9-1-3-11(16)4-2-9/h1-7,12H. The molecule has 0 aliphatic carbocycles. The van der Waals surface area contributed by atoms with Crippen LogP contribution < -0.4 is 0 Å². The normalized spacial score (nSPS) is 11.6. The molecule has 0 bridgehead atoms. The van der Waals surface area contributed by atoms with Gasteiger partial charge in [-0.15, -0.1) is 0 Å². The maximum absolute atomic E-state index is 12.8. The van der Waals surface area contributed by atoms with Crippen LogP contribution in [0.1, 0.15) is 21.8 Å². The minimum Gasteiger partial charge on any atom is -0.292 e. The molecule has 0 saturated heterocycles. The highest BCUT2D eigenvalue weighted by atomic mass is 35.5. The van der Waals surface area contributed by atoms with Crippen molar-refractivity contribution in [2.45, 2.75) is 5.92 Å². The van der Waals surface area contributed by atoms with Crippen molar-refractivity contribution in [1.29, 1.82) is 5.26 Å². The zero-order valence-electron chi connectivity index (χ0n) is 9.68. The van der Waals surface area contributed by atoms with Gasteiger partial charge in [-0.1, -0.05) is 11.6 Å². The van der Waals surface area contributed by atoms with Crippen LogP contribution in [0.5, 0.6) is 0 Å². The molecule has 1 heterocycles. The van der Waals surface area contributed by atoms with E-state index in [1.807, 2.05) is 6.07 Å². The molecule has 1 aromatic carbocycles. The van der Waals surface area contributed by atoms with E-state index in [1.54, 1.807) is 6.07 Å². The summed E-state index contributed by atoms with van der Waals surface area (Å²) >= 11 is 5.74. The Hall–Kier alpha value is -2.25. The first kappa shape index (κ1) is 13.2. The minimum absolute atomic E-state index is 0.213. The monoisotopic (exact) mass is 274 g/mol. The van der Waals surface area contributed by atoms with E-state index in [1.165, 1.54) is 36.5 Å². The predicted octanol–water partition coefficient (Wildman–Crippen LogP) is 3.36. The fourth-order valence-corrected chi connectivity index (χ4v) is 1.84. The van der Waals surface area contributed by atoms with Crippen molar-refractivity contribution < 1.29 is 9.18 Å². The van der Waals surface area contributed by atoms with Gasteiger partial charge < -0.3 is 0 Å². The lowest BCUT2D eigenvalue weighted by Gasteiger charge is -2.08. The van der Waals surface area contributed by atoms with Gasteiger partial charge in [0.1, 0.15) is 16.9 Å². The fraction of sp³-hybridized carbons (Fsp3) is 0.0714. The van der Waals surface area contributed by atoms with Gasteiger partial charge in [-0.2, -0.15) is 5.26 Å². The fourth-order valence-electron chi connectivity index (χ4n) is 1.66. The van der Waals surface area contributed by atoms with Gasteiger partial charge in [0, 0.05) is 11.8 Å². The molecule has 0 spiro atoms. The highest BCUT2D eigenvalue weighted by molar-refractivity contribution is 6.29. The average Bonchev–Trinajstić information content (AvgIpc) is 2.40. The lowest BCUT2D eigenvalue weighted by atomic mass is 9.92. The average molecular weight is 275 g/mol. The number of carbonyl (C=O) groups excluding carboxylic acids is 1. The molecule has 1 unspecified atom stereocenters. The predicted molar refractivity (Wildman–Crippen MR) is 68.3 cm³/mol. The number of ketones is 1. The molecule has 1 atom stereocenters. The van der Waals surface area contributed by atoms with Gasteiger partial charge in [0.15, 0.2) is 5.78 Å². The number of benzene rings is 1. The zero-order chi connectivity index (χ0) is 13.8. The molecule has 2 aromatic rings. The summed E-state index contributed by atoms with van der Waals surface area (Å²) in [5.74, 6) is -1.81.